The van der Waals surface area contributed by atoms with Gasteiger partial charge in [0, 0.05) is 18.7 Å². The van der Waals surface area contributed by atoms with Crippen LogP contribution in [0.1, 0.15) is 36.0 Å². The Labute approximate surface area is 106 Å². The SMILES string of the molecule is NCCC1CCCCN1C(=O)c1ccc(=O)oc1. The number of likely N-dealkylation sites (tertiary alicyclic amines) is 1. The van der Waals surface area contributed by atoms with Crippen LogP contribution in [0.4, 0.5) is 0 Å². The molecule has 0 saturated carbocycles. The van der Waals surface area contributed by atoms with E-state index in [1.54, 1.807) is 0 Å². The van der Waals surface area contributed by atoms with Crippen LogP contribution < -0.4 is 11.4 Å². The summed E-state index contributed by atoms with van der Waals surface area (Å²) in [4.78, 5) is 25.1. The lowest BCUT2D eigenvalue weighted by Gasteiger charge is -2.35. The van der Waals surface area contributed by atoms with Crippen LogP contribution in [-0.2, 0) is 0 Å². The fourth-order valence-electron chi connectivity index (χ4n) is 2.41. The van der Waals surface area contributed by atoms with Crippen LogP contribution >= 0.6 is 0 Å². The first kappa shape index (κ1) is 12.8. The molecule has 0 radical (unpaired) electrons. The zero-order valence-electron chi connectivity index (χ0n) is 10.3. The normalized spacial score (nSPS) is 19.8. The highest BCUT2D eigenvalue weighted by Gasteiger charge is 2.27. The van der Waals surface area contributed by atoms with Crippen LogP contribution in [0.15, 0.2) is 27.6 Å². The first-order valence-corrected chi connectivity index (χ1v) is 6.32. The Kier molecular flexibility index (Phi) is 4.15. The molecule has 1 atom stereocenters. The van der Waals surface area contributed by atoms with E-state index < -0.39 is 5.63 Å². The molecule has 1 aliphatic heterocycles. The second-order valence-electron chi connectivity index (χ2n) is 4.57. The summed E-state index contributed by atoms with van der Waals surface area (Å²) in [5.74, 6) is -0.0723. The Morgan fingerprint density at radius 2 is 2.28 bits per heavy atom. The van der Waals surface area contributed by atoms with Crippen molar-refractivity contribution >= 4 is 5.91 Å². The van der Waals surface area contributed by atoms with E-state index in [1.165, 1.54) is 18.4 Å². The van der Waals surface area contributed by atoms with Crippen molar-refractivity contribution in [1.82, 2.24) is 4.90 Å². The van der Waals surface area contributed by atoms with Crippen molar-refractivity contribution in [3.05, 3.63) is 34.4 Å². The molecule has 5 nitrogen and oxygen atoms in total. The van der Waals surface area contributed by atoms with E-state index in [1.807, 2.05) is 4.90 Å². The summed E-state index contributed by atoms with van der Waals surface area (Å²) in [6, 6.07) is 3.00. The molecular weight excluding hydrogens is 232 g/mol. The molecule has 2 rings (SSSR count). The Balaban J connectivity index is 2.15. The minimum absolute atomic E-state index is 0.0723. The number of amides is 1. The van der Waals surface area contributed by atoms with E-state index in [9.17, 15) is 9.59 Å². The quantitative estimate of drug-likeness (QED) is 0.867. The zero-order valence-corrected chi connectivity index (χ0v) is 10.3. The van der Waals surface area contributed by atoms with Gasteiger partial charge in [0.2, 0.25) is 0 Å². The van der Waals surface area contributed by atoms with E-state index in [0.717, 1.165) is 32.2 Å². The first-order chi connectivity index (χ1) is 8.72. The maximum absolute atomic E-state index is 12.3. The summed E-state index contributed by atoms with van der Waals surface area (Å²) in [5.41, 5.74) is 5.57. The van der Waals surface area contributed by atoms with Gasteiger partial charge in [-0.05, 0) is 38.3 Å². The van der Waals surface area contributed by atoms with Crippen LogP contribution in [0.5, 0.6) is 0 Å². The largest absolute Gasteiger partial charge is 0.430 e. The Bertz CT molecular complexity index is 447. The molecule has 0 aromatic carbocycles. The number of carbonyl (C=O) groups excluding carboxylic acids is 1. The molecule has 0 bridgehead atoms. The second kappa shape index (κ2) is 5.82. The lowest BCUT2D eigenvalue weighted by molar-refractivity contribution is 0.0602. The average molecular weight is 250 g/mol. The van der Waals surface area contributed by atoms with Crippen molar-refractivity contribution in [2.24, 2.45) is 5.73 Å². The summed E-state index contributed by atoms with van der Waals surface area (Å²) in [5, 5.41) is 0. The lowest BCUT2D eigenvalue weighted by Crippen LogP contribution is -2.44. The minimum atomic E-state index is -0.441. The molecule has 5 heteroatoms. The standard InChI is InChI=1S/C13H18N2O3/c14-7-6-11-3-1-2-8-15(11)13(17)10-4-5-12(16)18-9-10/h4-5,9,11H,1-3,6-8,14H2. The predicted octanol–water partition coefficient (Wildman–Crippen LogP) is 0.983. The maximum Gasteiger partial charge on any atom is 0.335 e. The van der Waals surface area contributed by atoms with Gasteiger partial charge in [-0.3, -0.25) is 4.79 Å². The third-order valence-corrected chi connectivity index (χ3v) is 3.34. The van der Waals surface area contributed by atoms with E-state index in [2.05, 4.69) is 0 Å². The fourth-order valence-corrected chi connectivity index (χ4v) is 2.41. The molecule has 1 aromatic rings. The number of hydrogen-bond donors (Lipinski definition) is 1. The van der Waals surface area contributed by atoms with Gasteiger partial charge in [-0.25, -0.2) is 4.79 Å². The van der Waals surface area contributed by atoms with Crippen molar-refractivity contribution < 1.29 is 9.21 Å². The number of piperidine rings is 1. The molecule has 1 amide bonds. The summed E-state index contributed by atoms with van der Waals surface area (Å²) < 4.78 is 4.74. The lowest BCUT2D eigenvalue weighted by atomic mass is 9.98. The van der Waals surface area contributed by atoms with Gasteiger partial charge >= 0.3 is 5.63 Å². The van der Waals surface area contributed by atoms with Gasteiger partial charge in [0.05, 0.1) is 5.56 Å². The Morgan fingerprint density at radius 1 is 1.44 bits per heavy atom. The second-order valence-corrected chi connectivity index (χ2v) is 4.57. The third-order valence-electron chi connectivity index (χ3n) is 3.34. The molecular formula is C13H18N2O3. The molecule has 0 aliphatic carbocycles. The molecule has 0 spiro atoms. The molecule has 18 heavy (non-hydrogen) atoms. The molecule has 2 N–H and O–H groups in total. The molecule has 1 fully saturated rings. The summed E-state index contributed by atoms with van der Waals surface area (Å²) in [6.07, 6.45) is 5.21. The molecule has 1 aromatic heterocycles. The number of nitrogens with zero attached hydrogens (tertiary/aromatic N) is 1. The van der Waals surface area contributed by atoms with Crippen LogP contribution in [0.25, 0.3) is 0 Å². The number of rotatable bonds is 3. The van der Waals surface area contributed by atoms with Crippen molar-refractivity contribution in [2.45, 2.75) is 31.7 Å². The third kappa shape index (κ3) is 2.79. The van der Waals surface area contributed by atoms with Gasteiger partial charge in [0.1, 0.15) is 6.26 Å². The van der Waals surface area contributed by atoms with Gasteiger partial charge < -0.3 is 15.1 Å². The van der Waals surface area contributed by atoms with Crippen molar-refractivity contribution in [3.8, 4) is 0 Å². The minimum Gasteiger partial charge on any atom is -0.430 e. The highest BCUT2D eigenvalue weighted by atomic mass is 16.4. The van der Waals surface area contributed by atoms with Gasteiger partial charge in [0.25, 0.3) is 5.91 Å². The molecule has 1 aliphatic rings. The monoisotopic (exact) mass is 250 g/mol. The zero-order chi connectivity index (χ0) is 13.0. The van der Waals surface area contributed by atoms with Gasteiger partial charge in [-0.1, -0.05) is 0 Å². The average Bonchev–Trinajstić information content (AvgIpc) is 2.40. The van der Waals surface area contributed by atoms with E-state index in [-0.39, 0.29) is 11.9 Å². The number of nitrogens with two attached hydrogens (primary N) is 1. The fraction of sp³-hybridized carbons (Fsp3) is 0.538. The summed E-state index contributed by atoms with van der Waals surface area (Å²) in [7, 11) is 0. The molecule has 2 heterocycles. The number of carbonyl (C=O) groups is 1. The predicted molar refractivity (Wildman–Crippen MR) is 67.3 cm³/mol. The van der Waals surface area contributed by atoms with Crippen LogP contribution in [0.2, 0.25) is 0 Å². The van der Waals surface area contributed by atoms with E-state index >= 15 is 0 Å². The van der Waals surface area contributed by atoms with Crippen molar-refractivity contribution in [1.29, 1.82) is 0 Å². The topological polar surface area (TPSA) is 76.5 Å². The van der Waals surface area contributed by atoms with E-state index in [4.69, 9.17) is 10.2 Å². The maximum atomic E-state index is 12.3. The summed E-state index contributed by atoms with van der Waals surface area (Å²) >= 11 is 0. The molecule has 1 saturated heterocycles. The highest BCUT2D eigenvalue weighted by molar-refractivity contribution is 5.94. The van der Waals surface area contributed by atoms with Crippen LogP contribution in [-0.4, -0.2) is 29.9 Å². The highest BCUT2D eigenvalue weighted by Crippen LogP contribution is 2.21. The first-order valence-electron chi connectivity index (χ1n) is 6.32. The van der Waals surface area contributed by atoms with Crippen LogP contribution in [0.3, 0.4) is 0 Å². The Hall–Kier alpha value is -1.62. The van der Waals surface area contributed by atoms with Crippen molar-refractivity contribution in [3.63, 3.8) is 0 Å². The van der Waals surface area contributed by atoms with Gasteiger partial charge in [-0.2, -0.15) is 0 Å². The van der Waals surface area contributed by atoms with Gasteiger partial charge in [0.15, 0.2) is 0 Å². The molecule has 1 unspecified atom stereocenters. The molecule has 98 valence electrons. The number of hydrogen-bond acceptors (Lipinski definition) is 4. The van der Waals surface area contributed by atoms with Crippen LogP contribution in [0, 0.1) is 0 Å². The van der Waals surface area contributed by atoms with E-state index in [0.29, 0.717) is 12.1 Å². The Morgan fingerprint density at radius 3 is 2.94 bits per heavy atom. The van der Waals surface area contributed by atoms with Crippen molar-refractivity contribution in [2.75, 3.05) is 13.1 Å². The summed E-state index contributed by atoms with van der Waals surface area (Å²) in [6.45, 7) is 1.33. The van der Waals surface area contributed by atoms with Gasteiger partial charge in [-0.15, -0.1) is 0 Å². The smallest absolute Gasteiger partial charge is 0.335 e.